The van der Waals surface area contributed by atoms with Crippen LogP contribution < -0.4 is 0 Å². The Morgan fingerprint density at radius 2 is 1.93 bits per heavy atom. The van der Waals surface area contributed by atoms with Gasteiger partial charge in [0.15, 0.2) is 0 Å². The lowest BCUT2D eigenvalue weighted by atomic mass is 9.70. The van der Waals surface area contributed by atoms with Crippen molar-refractivity contribution in [2.75, 3.05) is 0 Å². The lowest BCUT2D eigenvalue weighted by Gasteiger charge is -2.34. The van der Waals surface area contributed by atoms with Gasteiger partial charge >= 0.3 is 5.97 Å². The Morgan fingerprint density at radius 1 is 1.33 bits per heavy atom. The predicted octanol–water partition coefficient (Wildman–Crippen LogP) is 3.42. The summed E-state index contributed by atoms with van der Waals surface area (Å²) in [6, 6.07) is 8.32. The highest BCUT2D eigenvalue weighted by molar-refractivity contribution is 9.10. The van der Waals surface area contributed by atoms with E-state index in [1.165, 1.54) is 5.56 Å². The standard InChI is InChI=1S/C12H13BrO2/c13-11-3-1-9(2-4-11)10-5-8(6-10)7-12(14)15/h1-4,8,10H,5-7H2,(H,14,15). The van der Waals surface area contributed by atoms with Gasteiger partial charge in [0.25, 0.3) is 0 Å². The van der Waals surface area contributed by atoms with Gasteiger partial charge in [0.05, 0.1) is 0 Å². The van der Waals surface area contributed by atoms with E-state index >= 15 is 0 Å². The van der Waals surface area contributed by atoms with E-state index in [0.717, 1.165) is 17.3 Å². The van der Waals surface area contributed by atoms with Gasteiger partial charge in [-0.25, -0.2) is 0 Å². The van der Waals surface area contributed by atoms with Gasteiger partial charge in [0.2, 0.25) is 0 Å². The van der Waals surface area contributed by atoms with Crippen LogP contribution in [0.1, 0.15) is 30.7 Å². The monoisotopic (exact) mass is 268 g/mol. The van der Waals surface area contributed by atoms with E-state index < -0.39 is 5.97 Å². The van der Waals surface area contributed by atoms with Gasteiger partial charge in [-0.3, -0.25) is 4.79 Å². The molecule has 1 aliphatic rings. The molecule has 1 N–H and O–H groups in total. The first-order chi connectivity index (χ1) is 7.15. The zero-order chi connectivity index (χ0) is 10.8. The molecule has 0 bridgehead atoms. The predicted molar refractivity (Wildman–Crippen MR) is 61.9 cm³/mol. The van der Waals surface area contributed by atoms with Crippen LogP contribution in [0.15, 0.2) is 28.7 Å². The van der Waals surface area contributed by atoms with Gasteiger partial charge in [-0.1, -0.05) is 28.1 Å². The third kappa shape index (κ3) is 2.59. The van der Waals surface area contributed by atoms with Crippen molar-refractivity contribution >= 4 is 21.9 Å². The van der Waals surface area contributed by atoms with Crippen LogP contribution in [0.4, 0.5) is 0 Å². The minimum Gasteiger partial charge on any atom is -0.481 e. The molecule has 2 nitrogen and oxygen atoms in total. The molecule has 0 radical (unpaired) electrons. The number of rotatable bonds is 3. The zero-order valence-electron chi connectivity index (χ0n) is 8.32. The summed E-state index contributed by atoms with van der Waals surface area (Å²) in [6.07, 6.45) is 2.37. The summed E-state index contributed by atoms with van der Waals surface area (Å²) in [7, 11) is 0. The Hall–Kier alpha value is -0.830. The minimum atomic E-state index is -0.672. The fourth-order valence-corrected chi connectivity index (χ4v) is 2.42. The van der Waals surface area contributed by atoms with Crippen molar-refractivity contribution in [1.29, 1.82) is 0 Å². The number of hydrogen-bond donors (Lipinski definition) is 1. The molecule has 0 spiro atoms. The molecule has 0 heterocycles. The Kier molecular flexibility index (Phi) is 3.10. The first-order valence-corrected chi connectivity index (χ1v) is 5.91. The highest BCUT2D eigenvalue weighted by Gasteiger charge is 2.31. The van der Waals surface area contributed by atoms with Gasteiger partial charge in [-0.2, -0.15) is 0 Å². The van der Waals surface area contributed by atoms with Gasteiger partial charge in [0.1, 0.15) is 0 Å². The summed E-state index contributed by atoms with van der Waals surface area (Å²) in [6.45, 7) is 0. The van der Waals surface area contributed by atoms with Crippen LogP contribution in [0.25, 0.3) is 0 Å². The molecule has 15 heavy (non-hydrogen) atoms. The van der Waals surface area contributed by atoms with Crippen molar-refractivity contribution in [2.45, 2.75) is 25.2 Å². The van der Waals surface area contributed by atoms with Crippen LogP contribution >= 0.6 is 15.9 Å². The molecule has 1 aromatic rings. The maximum absolute atomic E-state index is 10.5. The van der Waals surface area contributed by atoms with E-state index in [4.69, 9.17) is 5.11 Å². The zero-order valence-corrected chi connectivity index (χ0v) is 9.90. The molecule has 0 saturated heterocycles. The number of aliphatic carboxylic acids is 1. The second-order valence-corrected chi connectivity index (χ2v) is 5.10. The van der Waals surface area contributed by atoms with Crippen molar-refractivity contribution in [3.63, 3.8) is 0 Å². The molecule has 0 aliphatic heterocycles. The summed E-state index contributed by atoms with van der Waals surface area (Å²) in [5.74, 6) is 0.285. The average Bonchev–Trinajstić information content (AvgIpc) is 2.12. The third-order valence-corrected chi connectivity index (χ3v) is 3.57. The Bertz CT molecular complexity index is 352. The summed E-state index contributed by atoms with van der Waals surface area (Å²) in [5, 5.41) is 8.64. The molecule has 0 amide bonds. The molecule has 1 fully saturated rings. The normalized spacial score (nSPS) is 24.6. The second-order valence-electron chi connectivity index (χ2n) is 4.18. The number of carboxylic acid groups (broad SMARTS) is 1. The molecule has 1 aliphatic carbocycles. The Balaban J connectivity index is 1.89. The van der Waals surface area contributed by atoms with E-state index in [-0.39, 0.29) is 0 Å². The highest BCUT2D eigenvalue weighted by atomic mass is 79.9. The molecule has 2 rings (SSSR count). The van der Waals surface area contributed by atoms with Crippen LogP contribution in [-0.2, 0) is 4.79 Å². The summed E-state index contributed by atoms with van der Waals surface area (Å²) >= 11 is 3.40. The smallest absolute Gasteiger partial charge is 0.303 e. The average molecular weight is 269 g/mol. The second kappa shape index (κ2) is 4.35. The van der Waals surface area contributed by atoms with Gasteiger partial charge in [-0.15, -0.1) is 0 Å². The molecule has 3 heteroatoms. The van der Waals surface area contributed by atoms with Crippen molar-refractivity contribution in [3.8, 4) is 0 Å². The molecule has 80 valence electrons. The molecule has 0 unspecified atom stereocenters. The van der Waals surface area contributed by atoms with Crippen LogP contribution in [0.3, 0.4) is 0 Å². The molecular weight excluding hydrogens is 256 g/mol. The summed E-state index contributed by atoms with van der Waals surface area (Å²) in [4.78, 5) is 10.5. The third-order valence-electron chi connectivity index (χ3n) is 3.04. The van der Waals surface area contributed by atoms with Gasteiger partial charge in [0, 0.05) is 10.9 Å². The Morgan fingerprint density at radius 3 is 2.47 bits per heavy atom. The summed E-state index contributed by atoms with van der Waals surface area (Å²) < 4.78 is 1.09. The SMILES string of the molecule is O=C(O)CC1CC(c2ccc(Br)cc2)C1. The lowest BCUT2D eigenvalue weighted by molar-refractivity contribution is -0.138. The number of hydrogen-bond acceptors (Lipinski definition) is 1. The first kappa shape index (κ1) is 10.7. The van der Waals surface area contributed by atoms with E-state index in [0.29, 0.717) is 18.3 Å². The number of halogens is 1. The van der Waals surface area contributed by atoms with Crippen molar-refractivity contribution < 1.29 is 9.90 Å². The quantitative estimate of drug-likeness (QED) is 0.912. The number of carbonyl (C=O) groups is 1. The van der Waals surface area contributed by atoms with Crippen molar-refractivity contribution in [2.24, 2.45) is 5.92 Å². The highest BCUT2D eigenvalue weighted by Crippen LogP contribution is 2.43. The first-order valence-electron chi connectivity index (χ1n) is 5.12. The van der Waals surface area contributed by atoms with E-state index in [1.54, 1.807) is 0 Å². The van der Waals surface area contributed by atoms with Crippen LogP contribution in [0.2, 0.25) is 0 Å². The molecule has 1 saturated carbocycles. The fraction of sp³-hybridized carbons (Fsp3) is 0.417. The van der Waals surface area contributed by atoms with Crippen molar-refractivity contribution in [1.82, 2.24) is 0 Å². The number of benzene rings is 1. The van der Waals surface area contributed by atoms with E-state index in [2.05, 4.69) is 28.1 Å². The largest absolute Gasteiger partial charge is 0.481 e. The van der Waals surface area contributed by atoms with Gasteiger partial charge < -0.3 is 5.11 Å². The number of carboxylic acids is 1. The Labute approximate surface area is 97.4 Å². The summed E-state index contributed by atoms with van der Waals surface area (Å²) in [5.41, 5.74) is 1.33. The van der Waals surface area contributed by atoms with Crippen LogP contribution in [-0.4, -0.2) is 11.1 Å². The van der Waals surface area contributed by atoms with Crippen LogP contribution in [0, 0.1) is 5.92 Å². The molecular formula is C12H13BrO2. The van der Waals surface area contributed by atoms with E-state index in [1.807, 2.05) is 12.1 Å². The van der Waals surface area contributed by atoms with Crippen molar-refractivity contribution in [3.05, 3.63) is 34.3 Å². The molecule has 0 aromatic heterocycles. The van der Waals surface area contributed by atoms with Crippen LogP contribution in [0.5, 0.6) is 0 Å². The maximum atomic E-state index is 10.5. The minimum absolute atomic E-state index is 0.326. The topological polar surface area (TPSA) is 37.3 Å². The molecule has 1 aromatic carbocycles. The van der Waals surface area contributed by atoms with Gasteiger partial charge in [-0.05, 0) is 42.4 Å². The molecule has 0 atom stereocenters. The lowest BCUT2D eigenvalue weighted by Crippen LogP contribution is -2.24. The fourth-order valence-electron chi connectivity index (χ4n) is 2.16. The van der Waals surface area contributed by atoms with E-state index in [9.17, 15) is 4.79 Å². The maximum Gasteiger partial charge on any atom is 0.303 e.